The van der Waals surface area contributed by atoms with Crippen LogP contribution in [0.2, 0.25) is 5.02 Å². The van der Waals surface area contributed by atoms with Crippen molar-refractivity contribution in [3.63, 3.8) is 0 Å². The highest BCUT2D eigenvalue weighted by atomic mass is 35.5. The fourth-order valence-electron chi connectivity index (χ4n) is 3.44. The molecule has 0 bridgehead atoms. The van der Waals surface area contributed by atoms with Gasteiger partial charge in [-0.1, -0.05) is 30.7 Å². The zero-order valence-electron chi connectivity index (χ0n) is 12.7. The lowest BCUT2D eigenvalue weighted by Crippen LogP contribution is -2.46. The van der Waals surface area contributed by atoms with Gasteiger partial charge in [0.15, 0.2) is 0 Å². The first-order valence-corrected chi connectivity index (χ1v) is 8.23. The molecule has 1 fully saturated rings. The van der Waals surface area contributed by atoms with Gasteiger partial charge in [-0.3, -0.25) is 4.90 Å². The molecule has 112 valence electrons. The van der Waals surface area contributed by atoms with Crippen LogP contribution in [-0.4, -0.2) is 29.6 Å². The van der Waals surface area contributed by atoms with Crippen molar-refractivity contribution in [2.24, 2.45) is 5.73 Å². The van der Waals surface area contributed by atoms with Crippen molar-refractivity contribution in [3.05, 3.63) is 34.9 Å². The summed E-state index contributed by atoms with van der Waals surface area (Å²) in [7, 11) is 0. The van der Waals surface area contributed by atoms with Crippen molar-refractivity contribution in [2.75, 3.05) is 6.54 Å². The summed E-state index contributed by atoms with van der Waals surface area (Å²) < 4.78 is 0. The summed E-state index contributed by atoms with van der Waals surface area (Å²) in [6.07, 6.45) is 5.94. The predicted molar refractivity (Wildman–Crippen MR) is 87.2 cm³/mol. The number of halogens is 1. The molecular formula is C17H27ClN2. The minimum absolute atomic E-state index is 0.427. The average molecular weight is 295 g/mol. The molecule has 0 heterocycles. The summed E-state index contributed by atoms with van der Waals surface area (Å²) in [6.45, 7) is 5.73. The van der Waals surface area contributed by atoms with Crippen molar-refractivity contribution in [1.82, 2.24) is 4.90 Å². The molecule has 0 spiro atoms. The zero-order valence-corrected chi connectivity index (χ0v) is 13.4. The molecule has 2 nitrogen and oxygen atoms in total. The summed E-state index contributed by atoms with van der Waals surface area (Å²) in [5, 5.41) is 0.815. The van der Waals surface area contributed by atoms with E-state index in [-0.39, 0.29) is 0 Å². The lowest BCUT2D eigenvalue weighted by atomic mass is 9.89. The Morgan fingerprint density at radius 1 is 1.20 bits per heavy atom. The third-order valence-electron chi connectivity index (χ3n) is 4.59. The third kappa shape index (κ3) is 4.21. The number of hydrogen-bond acceptors (Lipinski definition) is 2. The highest BCUT2D eigenvalue weighted by Crippen LogP contribution is 2.24. The minimum Gasteiger partial charge on any atom is -0.328 e. The summed E-state index contributed by atoms with van der Waals surface area (Å²) in [5.41, 5.74) is 7.39. The molecule has 1 aliphatic rings. The normalized spacial score (nSPS) is 24.9. The second-order valence-corrected chi connectivity index (χ2v) is 6.52. The smallest absolute Gasteiger partial charge is 0.0406 e. The number of hydrogen-bond donors (Lipinski definition) is 1. The molecule has 2 rings (SSSR count). The van der Waals surface area contributed by atoms with E-state index in [4.69, 9.17) is 17.3 Å². The molecule has 20 heavy (non-hydrogen) atoms. The maximum Gasteiger partial charge on any atom is 0.0406 e. The van der Waals surface area contributed by atoms with Gasteiger partial charge in [0.1, 0.15) is 0 Å². The molecule has 0 amide bonds. The molecule has 0 aromatic heterocycles. The maximum absolute atomic E-state index is 6.02. The van der Waals surface area contributed by atoms with Crippen LogP contribution in [0.25, 0.3) is 0 Å². The fraction of sp³-hybridized carbons (Fsp3) is 0.647. The third-order valence-corrected chi connectivity index (χ3v) is 4.84. The molecular weight excluding hydrogens is 268 g/mol. The second kappa shape index (κ2) is 7.44. The van der Waals surface area contributed by atoms with Gasteiger partial charge < -0.3 is 5.73 Å². The van der Waals surface area contributed by atoms with Gasteiger partial charge in [-0.05, 0) is 63.3 Å². The van der Waals surface area contributed by atoms with Crippen LogP contribution >= 0.6 is 11.6 Å². The fourth-order valence-corrected chi connectivity index (χ4v) is 3.57. The quantitative estimate of drug-likeness (QED) is 0.893. The molecule has 0 saturated heterocycles. The van der Waals surface area contributed by atoms with Crippen LogP contribution < -0.4 is 5.73 Å². The van der Waals surface area contributed by atoms with Gasteiger partial charge in [0.05, 0.1) is 0 Å². The second-order valence-electron chi connectivity index (χ2n) is 6.08. The van der Waals surface area contributed by atoms with E-state index in [0.29, 0.717) is 18.1 Å². The van der Waals surface area contributed by atoms with Crippen LogP contribution in [0.4, 0.5) is 0 Å². The van der Waals surface area contributed by atoms with Crippen molar-refractivity contribution in [3.8, 4) is 0 Å². The number of nitrogens with two attached hydrogens (primary N) is 1. The lowest BCUT2D eigenvalue weighted by molar-refractivity contribution is 0.114. The Morgan fingerprint density at radius 3 is 2.35 bits per heavy atom. The number of rotatable bonds is 5. The number of likely N-dealkylation sites (N-methyl/N-ethyl adjacent to an activating group) is 1. The first-order valence-electron chi connectivity index (χ1n) is 7.86. The van der Waals surface area contributed by atoms with E-state index in [1.165, 1.54) is 31.2 Å². The molecule has 1 aliphatic carbocycles. The van der Waals surface area contributed by atoms with E-state index in [0.717, 1.165) is 18.0 Å². The molecule has 1 aromatic rings. The van der Waals surface area contributed by atoms with Gasteiger partial charge in [-0.15, -0.1) is 0 Å². The highest BCUT2D eigenvalue weighted by Gasteiger charge is 2.26. The minimum atomic E-state index is 0.427. The Bertz CT molecular complexity index is 396. The van der Waals surface area contributed by atoms with Crippen LogP contribution in [0.3, 0.4) is 0 Å². The standard InChI is InChI=1S/C17H27ClN2/c1-3-20(17-10-8-16(19)9-11-17)13(2)12-14-4-6-15(18)7-5-14/h4-7,13,16-17H,3,8-12,19H2,1-2H3. The first kappa shape index (κ1) is 15.8. The Balaban J connectivity index is 1.94. The predicted octanol–water partition coefficient (Wildman–Crippen LogP) is 3.86. The SMILES string of the molecule is CCN(C(C)Cc1ccc(Cl)cc1)C1CCC(N)CC1. The van der Waals surface area contributed by atoms with E-state index in [1.54, 1.807) is 0 Å². The monoisotopic (exact) mass is 294 g/mol. The van der Waals surface area contributed by atoms with Gasteiger partial charge in [-0.2, -0.15) is 0 Å². The summed E-state index contributed by atoms with van der Waals surface area (Å²) in [5.74, 6) is 0. The Labute approximate surface area is 128 Å². The number of benzene rings is 1. The van der Waals surface area contributed by atoms with Crippen LogP contribution in [0.1, 0.15) is 45.1 Å². The summed E-state index contributed by atoms with van der Waals surface area (Å²) in [6, 6.07) is 9.96. The maximum atomic E-state index is 6.02. The van der Waals surface area contributed by atoms with E-state index in [9.17, 15) is 0 Å². The summed E-state index contributed by atoms with van der Waals surface area (Å²) >= 11 is 5.95. The van der Waals surface area contributed by atoms with Crippen molar-refractivity contribution in [1.29, 1.82) is 0 Å². The molecule has 1 aromatic carbocycles. The molecule has 3 heteroatoms. The van der Waals surface area contributed by atoms with Crippen molar-refractivity contribution >= 4 is 11.6 Å². The largest absolute Gasteiger partial charge is 0.328 e. The molecule has 2 N–H and O–H groups in total. The lowest BCUT2D eigenvalue weighted by Gasteiger charge is -2.39. The molecule has 0 aliphatic heterocycles. The van der Waals surface area contributed by atoms with Gasteiger partial charge in [-0.25, -0.2) is 0 Å². The summed E-state index contributed by atoms with van der Waals surface area (Å²) in [4.78, 5) is 2.65. The Kier molecular flexibility index (Phi) is 5.88. The zero-order chi connectivity index (χ0) is 14.5. The van der Waals surface area contributed by atoms with Crippen LogP contribution in [0.15, 0.2) is 24.3 Å². The van der Waals surface area contributed by atoms with E-state index in [1.807, 2.05) is 12.1 Å². The van der Waals surface area contributed by atoms with Gasteiger partial charge in [0, 0.05) is 23.1 Å². The van der Waals surface area contributed by atoms with Gasteiger partial charge in [0.25, 0.3) is 0 Å². The van der Waals surface area contributed by atoms with E-state index in [2.05, 4.69) is 30.9 Å². The topological polar surface area (TPSA) is 29.3 Å². The first-order chi connectivity index (χ1) is 9.60. The van der Waals surface area contributed by atoms with Crippen LogP contribution in [0.5, 0.6) is 0 Å². The molecule has 1 unspecified atom stereocenters. The van der Waals surface area contributed by atoms with Crippen LogP contribution in [0, 0.1) is 0 Å². The van der Waals surface area contributed by atoms with Crippen LogP contribution in [-0.2, 0) is 6.42 Å². The van der Waals surface area contributed by atoms with E-state index < -0.39 is 0 Å². The Morgan fingerprint density at radius 2 is 1.80 bits per heavy atom. The highest BCUT2D eigenvalue weighted by molar-refractivity contribution is 6.30. The Hall–Kier alpha value is -0.570. The van der Waals surface area contributed by atoms with Crippen molar-refractivity contribution < 1.29 is 0 Å². The van der Waals surface area contributed by atoms with E-state index >= 15 is 0 Å². The molecule has 1 atom stereocenters. The van der Waals surface area contributed by atoms with Crippen molar-refractivity contribution in [2.45, 2.75) is 64.1 Å². The number of nitrogens with zero attached hydrogens (tertiary/aromatic N) is 1. The van der Waals surface area contributed by atoms with Gasteiger partial charge in [0.2, 0.25) is 0 Å². The molecule has 1 saturated carbocycles. The van der Waals surface area contributed by atoms with Gasteiger partial charge >= 0.3 is 0 Å². The molecule has 0 radical (unpaired) electrons. The average Bonchev–Trinajstić information content (AvgIpc) is 2.44.